The van der Waals surface area contributed by atoms with Gasteiger partial charge in [-0.25, -0.2) is 4.39 Å². The van der Waals surface area contributed by atoms with Crippen LogP contribution in [0.2, 0.25) is 0 Å². The predicted molar refractivity (Wildman–Crippen MR) is 138 cm³/mol. The van der Waals surface area contributed by atoms with E-state index in [0.717, 1.165) is 29.1 Å². The molecule has 2 amide bonds. The molecule has 4 rings (SSSR count). The van der Waals surface area contributed by atoms with E-state index in [2.05, 4.69) is 26.5 Å². The molecule has 35 heavy (non-hydrogen) atoms. The van der Waals surface area contributed by atoms with E-state index < -0.39 is 11.8 Å². The summed E-state index contributed by atoms with van der Waals surface area (Å²) in [5.41, 5.74) is 2.70. The van der Waals surface area contributed by atoms with E-state index in [1.807, 2.05) is 55.6 Å². The summed E-state index contributed by atoms with van der Waals surface area (Å²) in [6.07, 6.45) is 0. The van der Waals surface area contributed by atoms with Gasteiger partial charge in [0.05, 0.1) is 11.7 Å². The predicted octanol–water partition coefficient (Wildman–Crippen LogP) is 3.88. The molecular formula is C27H31FN4O2S. The van der Waals surface area contributed by atoms with Crippen LogP contribution < -0.4 is 15.5 Å². The molecule has 2 N–H and O–H groups in total. The van der Waals surface area contributed by atoms with Crippen molar-refractivity contribution < 1.29 is 14.0 Å². The summed E-state index contributed by atoms with van der Waals surface area (Å²) in [4.78, 5) is 30.6. The molecule has 0 aliphatic carbocycles. The Bertz CT molecular complexity index is 1130. The van der Waals surface area contributed by atoms with Crippen LogP contribution in [0.1, 0.15) is 29.0 Å². The molecule has 1 aliphatic rings. The molecule has 2 atom stereocenters. The topological polar surface area (TPSA) is 64.7 Å². The monoisotopic (exact) mass is 494 g/mol. The Kier molecular flexibility index (Phi) is 8.15. The first-order valence-corrected chi connectivity index (χ1v) is 12.7. The van der Waals surface area contributed by atoms with Gasteiger partial charge in [0.1, 0.15) is 5.82 Å². The summed E-state index contributed by atoms with van der Waals surface area (Å²) < 4.78 is 14.3. The van der Waals surface area contributed by atoms with Crippen LogP contribution in [-0.2, 0) is 16.1 Å². The molecule has 1 aliphatic heterocycles. The zero-order chi connectivity index (χ0) is 24.8. The van der Waals surface area contributed by atoms with Crippen molar-refractivity contribution in [2.75, 3.05) is 31.1 Å². The van der Waals surface area contributed by atoms with Gasteiger partial charge in [-0.15, -0.1) is 11.3 Å². The maximum Gasteiger partial charge on any atom is 0.309 e. The number of piperazine rings is 1. The van der Waals surface area contributed by atoms with E-state index in [0.29, 0.717) is 25.3 Å². The smallest absolute Gasteiger partial charge is 0.309 e. The normalized spacial score (nSPS) is 15.9. The Morgan fingerprint density at radius 2 is 1.69 bits per heavy atom. The third-order valence-corrected chi connectivity index (χ3v) is 7.29. The fourth-order valence-corrected chi connectivity index (χ4v) is 5.44. The second kappa shape index (κ2) is 11.5. The van der Waals surface area contributed by atoms with Gasteiger partial charge in [0, 0.05) is 43.6 Å². The van der Waals surface area contributed by atoms with Crippen molar-refractivity contribution in [1.82, 2.24) is 15.5 Å². The quantitative estimate of drug-likeness (QED) is 0.490. The zero-order valence-electron chi connectivity index (χ0n) is 20.0. The second-order valence-corrected chi connectivity index (χ2v) is 9.84. The van der Waals surface area contributed by atoms with Crippen LogP contribution in [0.5, 0.6) is 0 Å². The SMILES string of the molecule is Cc1ccc(CNC(=O)C(=O)NC(C)C(c2cccs2)N2CCN(c3ccccc3F)CC2)cc1. The highest BCUT2D eigenvalue weighted by molar-refractivity contribution is 7.10. The van der Waals surface area contributed by atoms with E-state index >= 15 is 0 Å². The summed E-state index contributed by atoms with van der Waals surface area (Å²) in [5.74, 6) is -1.50. The summed E-state index contributed by atoms with van der Waals surface area (Å²) in [5, 5.41) is 7.62. The van der Waals surface area contributed by atoms with Crippen LogP contribution in [0, 0.1) is 12.7 Å². The largest absolute Gasteiger partial charge is 0.367 e. The van der Waals surface area contributed by atoms with Crippen molar-refractivity contribution in [2.45, 2.75) is 32.5 Å². The molecule has 184 valence electrons. The number of carbonyl (C=O) groups excluding carboxylic acids is 2. The molecular weight excluding hydrogens is 463 g/mol. The second-order valence-electron chi connectivity index (χ2n) is 8.87. The number of hydrogen-bond donors (Lipinski definition) is 2. The van der Waals surface area contributed by atoms with Gasteiger partial charge in [-0.2, -0.15) is 0 Å². The summed E-state index contributed by atoms with van der Waals surface area (Å²) >= 11 is 1.63. The lowest BCUT2D eigenvalue weighted by atomic mass is 10.0. The average molecular weight is 495 g/mol. The van der Waals surface area contributed by atoms with E-state index in [1.54, 1.807) is 23.5 Å². The first kappa shape index (κ1) is 24.9. The van der Waals surface area contributed by atoms with Crippen molar-refractivity contribution >= 4 is 28.8 Å². The van der Waals surface area contributed by atoms with Crippen molar-refractivity contribution in [3.63, 3.8) is 0 Å². The lowest BCUT2D eigenvalue weighted by Crippen LogP contribution is -2.53. The van der Waals surface area contributed by atoms with Gasteiger partial charge in [0.2, 0.25) is 0 Å². The Balaban J connectivity index is 1.37. The van der Waals surface area contributed by atoms with Gasteiger partial charge < -0.3 is 15.5 Å². The zero-order valence-corrected chi connectivity index (χ0v) is 20.9. The molecule has 0 saturated carbocycles. The number of nitrogens with one attached hydrogen (secondary N) is 2. The molecule has 2 heterocycles. The fraction of sp³-hybridized carbons (Fsp3) is 0.333. The fourth-order valence-electron chi connectivity index (χ4n) is 4.47. The number of anilines is 1. The first-order valence-electron chi connectivity index (χ1n) is 11.8. The van der Waals surface area contributed by atoms with Crippen molar-refractivity contribution in [3.05, 3.63) is 87.9 Å². The Labute approximate surface area is 209 Å². The van der Waals surface area contributed by atoms with E-state index in [-0.39, 0.29) is 17.9 Å². The summed E-state index contributed by atoms with van der Waals surface area (Å²) in [6.45, 7) is 7.03. The maximum atomic E-state index is 14.3. The number of thiophene rings is 1. The first-order chi connectivity index (χ1) is 16.9. The number of carbonyl (C=O) groups is 2. The standard InChI is InChI=1S/C27H31FN4O2S/c1-19-9-11-21(12-10-19)18-29-26(33)27(34)30-20(2)25(24-8-5-17-35-24)32-15-13-31(14-16-32)23-7-4-3-6-22(23)28/h3-12,17,20,25H,13-16,18H2,1-2H3,(H,29,33)(H,30,34). The van der Waals surface area contributed by atoms with Crippen molar-refractivity contribution in [2.24, 2.45) is 0 Å². The van der Waals surface area contributed by atoms with Gasteiger partial charge >= 0.3 is 11.8 Å². The average Bonchev–Trinajstić information content (AvgIpc) is 3.39. The van der Waals surface area contributed by atoms with Gasteiger partial charge in [0.15, 0.2) is 0 Å². The Morgan fingerprint density at radius 3 is 2.34 bits per heavy atom. The highest BCUT2D eigenvalue weighted by Gasteiger charge is 2.32. The number of nitrogens with zero attached hydrogens (tertiary/aromatic N) is 2. The molecule has 1 fully saturated rings. The number of amides is 2. The number of para-hydroxylation sites is 1. The minimum Gasteiger partial charge on any atom is -0.367 e. The lowest BCUT2D eigenvalue weighted by molar-refractivity contribution is -0.140. The molecule has 1 aromatic heterocycles. The molecule has 0 spiro atoms. The molecule has 6 nitrogen and oxygen atoms in total. The van der Waals surface area contributed by atoms with Gasteiger partial charge in [-0.3, -0.25) is 14.5 Å². The molecule has 3 aromatic rings. The molecule has 0 bridgehead atoms. The highest BCUT2D eigenvalue weighted by Crippen LogP contribution is 2.30. The van der Waals surface area contributed by atoms with Crippen LogP contribution in [0.25, 0.3) is 0 Å². The number of aryl methyl sites for hydroxylation is 1. The van der Waals surface area contributed by atoms with Crippen molar-refractivity contribution in [1.29, 1.82) is 0 Å². The minimum absolute atomic E-state index is 0.0772. The molecule has 2 aromatic carbocycles. The molecule has 1 saturated heterocycles. The third-order valence-electron chi connectivity index (χ3n) is 6.35. The molecule has 8 heteroatoms. The lowest BCUT2D eigenvalue weighted by Gasteiger charge is -2.42. The van der Waals surface area contributed by atoms with Crippen LogP contribution in [-0.4, -0.2) is 48.9 Å². The summed E-state index contributed by atoms with van der Waals surface area (Å²) in [6, 6.07) is 18.3. The number of benzene rings is 2. The number of halogens is 1. The van der Waals surface area contributed by atoms with Crippen molar-refractivity contribution in [3.8, 4) is 0 Å². The van der Waals surface area contributed by atoms with Crippen LogP contribution in [0.15, 0.2) is 66.0 Å². The van der Waals surface area contributed by atoms with E-state index in [1.165, 1.54) is 6.07 Å². The van der Waals surface area contributed by atoms with Gasteiger partial charge in [0.25, 0.3) is 0 Å². The van der Waals surface area contributed by atoms with Crippen LogP contribution >= 0.6 is 11.3 Å². The summed E-state index contributed by atoms with van der Waals surface area (Å²) in [7, 11) is 0. The third kappa shape index (κ3) is 6.26. The number of rotatable bonds is 7. The van der Waals surface area contributed by atoms with Crippen LogP contribution in [0.3, 0.4) is 0 Å². The van der Waals surface area contributed by atoms with Gasteiger partial charge in [-0.1, -0.05) is 48.0 Å². The Morgan fingerprint density at radius 1 is 0.971 bits per heavy atom. The molecule has 2 unspecified atom stereocenters. The minimum atomic E-state index is -0.647. The Hall–Kier alpha value is -3.23. The van der Waals surface area contributed by atoms with E-state index in [4.69, 9.17) is 0 Å². The van der Waals surface area contributed by atoms with Gasteiger partial charge in [-0.05, 0) is 43.0 Å². The number of hydrogen-bond acceptors (Lipinski definition) is 5. The molecule has 0 radical (unpaired) electrons. The van der Waals surface area contributed by atoms with E-state index in [9.17, 15) is 14.0 Å². The maximum absolute atomic E-state index is 14.3. The van der Waals surface area contributed by atoms with Crippen LogP contribution in [0.4, 0.5) is 10.1 Å². The highest BCUT2D eigenvalue weighted by atomic mass is 32.1.